The molecule has 0 aliphatic carbocycles. The molecule has 68 valence electrons. The molecule has 0 N–H and O–H groups in total. The molecule has 0 spiro atoms. The normalized spacial score (nSPS) is 16.4. The van der Waals surface area contributed by atoms with Crippen LogP contribution in [-0.2, 0) is 4.74 Å². The van der Waals surface area contributed by atoms with Gasteiger partial charge in [-0.05, 0) is 18.8 Å². The number of rotatable bonds is 6. The van der Waals surface area contributed by atoms with Crippen molar-refractivity contribution in [1.29, 1.82) is 0 Å². The quantitative estimate of drug-likeness (QED) is 0.628. The number of hydrogen-bond donors (Lipinski definition) is 0. The first-order chi connectivity index (χ1) is 5.20. The molecule has 0 aliphatic heterocycles. The lowest BCUT2D eigenvalue weighted by atomic mass is 10.0. The molecule has 0 radical (unpaired) electrons. The SMILES string of the molecule is CCC(C)CCC(Br)COC. The van der Waals surface area contributed by atoms with Gasteiger partial charge in [-0.15, -0.1) is 0 Å². The lowest BCUT2D eigenvalue weighted by Crippen LogP contribution is -2.08. The predicted molar refractivity (Wildman–Crippen MR) is 53.3 cm³/mol. The molecule has 0 saturated heterocycles. The van der Waals surface area contributed by atoms with Crippen LogP contribution in [0.2, 0.25) is 0 Å². The predicted octanol–water partition coefficient (Wildman–Crippen LogP) is 3.22. The highest BCUT2D eigenvalue weighted by atomic mass is 79.9. The fourth-order valence-corrected chi connectivity index (χ4v) is 1.46. The molecule has 0 bridgehead atoms. The van der Waals surface area contributed by atoms with E-state index in [4.69, 9.17) is 4.74 Å². The zero-order valence-corrected chi connectivity index (χ0v) is 9.36. The summed E-state index contributed by atoms with van der Waals surface area (Å²) in [6.07, 6.45) is 3.81. The van der Waals surface area contributed by atoms with Crippen molar-refractivity contribution < 1.29 is 4.74 Å². The van der Waals surface area contributed by atoms with E-state index in [9.17, 15) is 0 Å². The summed E-state index contributed by atoms with van der Waals surface area (Å²) in [7, 11) is 1.75. The van der Waals surface area contributed by atoms with E-state index in [1.54, 1.807) is 7.11 Å². The van der Waals surface area contributed by atoms with Crippen LogP contribution in [0, 0.1) is 5.92 Å². The molecule has 1 nitrogen and oxygen atoms in total. The molecule has 0 aliphatic rings. The van der Waals surface area contributed by atoms with Crippen molar-refractivity contribution in [2.24, 2.45) is 5.92 Å². The molecular weight excluding hydrogens is 204 g/mol. The van der Waals surface area contributed by atoms with Crippen LogP contribution in [0.4, 0.5) is 0 Å². The minimum absolute atomic E-state index is 0.543. The molecule has 0 rings (SSSR count). The second kappa shape index (κ2) is 7.11. The van der Waals surface area contributed by atoms with Gasteiger partial charge in [-0.3, -0.25) is 0 Å². The highest BCUT2D eigenvalue weighted by Crippen LogP contribution is 2.15. The van der Waals surface area contributed by atoms with E-state index < -0.39 is 0 Å². The fourth-order valence-electron chi connectivity index (χ4n) is 0.934. The summed E-state index contributed by atoms with van der Waals surface area (Å²) in [5.74, 6) is 0.854. The van der Waals surface area contributed by atoms with Crippen LogP contribution in [0.15, 0.2) is 0 Å². The van der Waals surface area contributed by atoms with Gasteiger partial charge in [0.15, 0.2) is 0 Å². The Morgan fingerprint density at radius 2 is 2.00 bits per heavy atom. The van der Waals surface area contributed by atoms with Gasteiger partial charge >= 0.3 is 0 Å². The summed E-state index contributed by atoms with van der Waals surface area (Å²) in [6, 6.07) is 0. The van der Waals surface area contributed by atoms with Gasteiger partial charge < -0.3 is 4.74 Å². The molecule has 2 heteroatoms. The zero-order chi connectivity index (χ0) is 8.69. The lowest BCUT2D eigenvalue weighted by Gasteiger charge is -2.11. The van der Waals surface area contributed by atoms with Crippen molar-refractivity contribution >= 4 is 15.9 Å². The smallest absolute Gasteiger partial charge is 0.0587 e. The van der Waals surface area contributed by atoms with Crippen LogP contribution < -0.4 is 0 Å². The molecular formula is C9H19BrO. The maximum atomic E-state index is 5.02. The van der Waals surface area contributed by atoms with Gasteiger partial charge in [0.2, 0.25) is 0 Å². The Labute approximate surface area is 78.6 Å². The van der Waals surface area contributed by atoms with Gasteiger partial charge in [-0.2, -0.15) is 0 Å². The largest absolute Gasteiger partial charge is 0.384 e. The average Bonchev–Trinajstić information content (AvgIpc) is 2.01. The molecule has 0 saturated carbocycles. The first-order valence-corrected chi connectivity index (χ1v) is 5.25. The molecule has 0 aromatic heterocycles. The van der Waals surface area contributed by atoms with Crippen LogP contribution in [0.25, 0.3) is 0 Å². The van der Waals surface area contributed by atoms with E-state index in [0.717, 1.165) is 12.5 Å². The summed E-state index contributed by atoms with van der Waals surface area (Å²) in [5, 5.41) is 0. The van der Waals surface area contributed by atoms with Crippen molar-refractivity contribution in [1.82, 2.24) is 0 Å². The minimum atomic E-state index is 0.543. The molecule has 0 fully saturated rings. The number of methoxy groups -OCH3 is 1. The molecule has 0 aromatic carbocycles. The molecule has 2 atom stereocenters. The van der Waals surface area contributed by atoms with E-state index in [0.29, 0.717) is 4.83 Å². The molecule has 11 heavy (non-hydrogen) atoms. The van der Waals surface area contributed by atoms with Crippen LogP contribution in [0.1, 0.15) is 33.1 Å². The maximum absolute atomic E-state index is 5.02. The Bertz CT molecular complexity index is 85.6. The van der Waals surface area contributed by atoms with Crippen LogP contribution >= 0.6 is 15.9 Å². The first-order valence-electron chi connectivity index (χ1n) is 4.33. The third-order valence-corrected chi connectivity index (χ3v) is 2.74. The van der Waals surface area contributed by atoms with Crippen molar-refractivity contribution in [2.75, 3.05) is 13.7 Å². The lowest BCUT2D eigenvalue weighted by molar-refractivity contribution is 0.196. The maximum Gasteiger partial charge on any atom is 0.0587 e. The highest BCUT2D eigenvalue weighted by molar-refractivity contribution is 9.09. The Morgan fingerprint density at radius 1 is 1.36 bits per heavy atom. The topological polar surface area (TPSA) is 9.23 Å². The standard InChI is InChI=1S/C9H19BrO/c1-4-8(2)5-6-9(10)7-11-3/h8-9H,4-7H2,1-3H3. The second-order valence-electron chi connectivity index (χ2n) is 3.14. The number of hydrogen-bond acceptors (Lipinski definition) is 1. The number of ether oxygens (including phenoxy) is 1. The van der Waals surface area contributed by atoms with E-state index in [1.807, 2.05) is 0 Å². The minimum Gasteiger partial charge on any atom is -0.384 e. The van der Waals surface area contributed by atoms with Crippen LogP contribution in [0.3, 0.4) is 0 Å². The summed E-state index contributed by atoms with van der Waals surface area (Å²) >= 11 is 3.57. The van der Waals surface area contributed by atoms with E-state index >= 15 is 0 Å². The zero-order valence-electron chi connectivity index (χ0n) is 7.77. The first kappa shape index (κ1) is 11.4. The third kappa shape index (κ3) is 6.82. The third-order valence-electron chi connectivity index (χ3n) is 2.02. The van der Waals surface area contributed by atoms with Gasteiger partial charge in [0.25, 0.3) is 0 Å². The number of alkyl halides is 1. The Balaban J connectivity index is 3.22. The van der Waals surface area contributed by atoms with Crippen molar-refractivity contribution in [2.45, 2.75) is 37.9 Å². The second-order valence-corrected chi connectivity index (χ2v) is 4.44. The van der Waals surface area contributed by atoms with Gasteiger partial charge in [0.05, 0.1) is 6.61 Å². The molecule has 0 amide bonds. The summed E-state index contributed by atoms with van der Waals surface area (Å²) in [5.41, 5.74) is 0. The Morgan fingerprint density at radius 3 is 2.45 bits per heavy atom. The Kier molecular flexibility index (Phi) is 7.39. The fraction of sp³-hybridized carbons (Fsp3) is 1.00. The number of halogens is 1. The van der Waals surface area contributed by atoms with Gasteiger partial charge in [0, 0.05) is 11.9 Å². The van der Waals surface area contributed by atoms with Crippen molar-refractivity contribution in [3.8, 4) is 0 Å². The van der Waals surface area contributed by atoms with Gasteiger partial charge in [-0.25, -0.2) is 0 Å². The summed E-state index contributed by atoms with van der Waals surface area (Å²) < 4.78 is 5.02. The summed E-state index contributed by atoms with van der Waals surface area (Å²) in [4.78, 5) is 0.543. The highest BCUT2D eigenvalue weighted by Gasteiger charge is 2.05. The van der Waals surface area contributed by atoms with E-state index in [1.165, 1.54) is 19.3 Å². The van der Waals surface area contributed by atoms with Crippen LogP contribution in [-0.4, -0.2) is 18.5 Å². The average molecular weight is 223 g/mol. The van der Waals surface area contributed by atoms with Gasteiger partial charge in [-0.1, -0.05) is 36.2 Å². The Hall–Kier alpha value is 0.440. The summed E-state index contributed by atoms with van der Waals surface area (Å²) in [6.45, 7) is 5.37. The van der Waals surface area contributed by atoms with Crippen LogP contribution in [0.5, 0.6) is 0 Å². The molecule has 0 aromatic rings. The molecule has 0 heterocycles. The van der Waals surface area contributed by atoms with Crippen molar-refractivity contribution in [3.05, 3.63) is 0 Å². The monoisotopic (exact) mass is 222 g/mol. The van der Waals surface area contributed by atoms with E-state index in [2.05, 4.69) is 29.8 Å². The van der Waals surface area contributed by atoms with Gasteiger partial charge in [0.1, 0.15) is 0 Å². The molecule has 2 unspecified atom stereocenters. The van der Waals surface area contributed by atoms with E-state index in [-0.39, 0.29) is 0 Å². The van der Waals surface area contributed by atoms with Crippen molar-refractivity contribution in [3.63, 3.8) is 0 Å².